The molecule has 3 aliphatic rings. The molecule has 4 heterocycles. The second-order valence-electron chi connectivity index (χ2n) is 6.73. The first-order chi connectivity index (χ1) is 12.2. The van der Waals surface area contributed by atoms with E-state index in [0.29, 0.717) is 38.4 Å². The van der Waals surface area contributed by atoms with E-state index in [0.717, 1.165) is 19.3 Å². The van der Waals surface area contributed by atoms with E-state index in [9.17, 15) is 9.59 Å². The van der Waals surface area contributed by atoms with Gasteiger partial charge in [-0.1, -0.05) is 0 Å². The highest BCUT2D eigenvalue weighted by molar-refractivity contribution is 5.93. The van der Waals surface area contributed by atoms with Gasteiger partial charge in [0.05, 0.1) is 30.9 Å². The highest BCUT2D eigenvalue weighted by Crippen LogP contribution is 2.33. The Morgan fingerprint density at radius 2 is 2.12 bits per heavy atom. The molecule has 0 N–H and O–H groups in total. The maximum absolute atomic E-state index is 12.9. The van der Waals surface area contributed by atoms with Crippen LogP contribution in [0.4, 0.5) is 0 Å². The number of hydrogen-bond donors (Lipinski definition) is 0. The predicted molar refractivity (Wildman–Crippen MR) is 86.2 cm³/mol. The topological polar surface area (TPSA) is 84.9 Å². The predicted octanol–water partition coefficient (Wildman–Crippen LogP) is 0.650. The molecule has 0 radical (unpaired) electrons. The molecule has 3 saturated heterocycles. The first-order valence-electron chi connectivity index (χ1n) is 8.87. The first kappa shape index (κ1) is 16.4. The molecule has 3 fully saturated rings. The Hall–Kier alpha value is -2.06. The van der Waals surface area contributed by atoms with Gasteiger partial charge in [0.1, 0.15) is 5.69 Å². The van der Waals surface area contributed by atoms with Gasteiger partial charge in [0.2, 0.25) is 0 Å². The van der Waals surface area contributed by atoms with Gasteiger partial charge in [-0.3, -0.25) is 19.4 Å². The number of ether oxygens (including phenoxy) is 1. The molecule has 3 aliphatic heterocycles. The lowest BCUT2D eigenvalue weighted by Gasteiger charge is -2.41. The van der Waals surface area contributed by atoms with Crippen LogP contribution in [0.1, 0.15) is 36.2 Å². The largest absolute Gasteiger partial charge is 0.376 e. The molecule has 25 heavy (non-hydrogen) atoms. The van der Waals surface area contributed by atoms with Crippen molar-refractivity contribution in [3.05, 3.63) is 24.3 Å². The Kier molecular flexibility index (Phi) is 4.63. The van der Waals surface area contributed by atoms with Crippen molar-refractivity contribution in [2.24, 2.45) is 5.92 Å². The molecule has 8 nitrogen and oxygen atoms in total. The number of piperidine rings is 1. The third-order valence-electron chi connectivity index (χ3n) is 5.15. The summed E-state index contributed by atoms with van der Waals surface area (Å²) < 4.78 is 5.80. The van der Waals surface area contributed by atoms with Gasteiger partial charge in [-0.2, -0.15) is 0 Å². The summed E-state index contributed by atoms with van der Waals surface area (Å²) in [6, 6.07) is 0.000769. The zero-order chi connectivity index (χ0) is 17.2. The molecule has 4 rings (SSSR count). The molecule has 0 aliphatic carbocycles. The van der Waals surface area contributed by atoms with E-state index in [4.69, 9.17) is 9.57 Å². The monoisotopic (exact) mass is 346 g/mol. The quantitative estimate of drug-likeness (QED) is 0.782. The zero-order valence-corrected chi connectivity index (χ0v) is 14.0. The molecule has 2 amide bonds. The number of fused-ring (bicyclic) bond motifs is 1. The third kappa shape index (κ3) is 3.23. The van der Waals surface area contributed by atoms with Crippen molar-refractivity contribution in [2.45, 2.75) is 37.8 Å². The average molecular weight is 346 g/mol. The van der Waals surface area contributed by atoms with Crippen molar-refractivity contribution in [3.8, 4) is 0 Å². The van der Waals surface area contributed by atoms with Crippen LogP contribution < -0.4 is 0 Å². The molecule has 0 bridgehead atoms. The Bertz CT molecular complexity index is 635. The zero-order valence-electron chi connectivity index (χ0n) is 14.0. The number of carbonyl (C=O) groups is 2. The fourth-order valence-corrected chi connectivity index (χ4v) is 3.89. The molecular weight excluding hydrogens is 324 g/mol. The van der Waals surface area contributed by atoms with Gasteiger partial charge in [0, 0.05) is 32.1 Å². The smallest absolute Gasteiger partial charge is 0.274 e. The van der Waals surface area contributed by atoms with Crippen molar-refractivity contribution in [1.29, 1.82) is 0 Å². The van der Waals surface area contributed by atoms with Crippen LogP contribution in [0.15, 0.2) is 18.6 Å². The summed E-state index contributed by atoms with van der Waals surface area (Å²) in [5, 5.41) is 1.47. The molecule has 0 saturated carbocycles. The standard InChI is InChI=1S/C17H22N4O4/c22-16(21-6-1-2-7-25-21)12-9-15-14(3-8-24-15)20(11-12)17(23)13-10-18-4-5-19-13/h4-5,10,12,14-15H,1-3,6-9,11H2/t12-,14+,15+/m0/s1. The van der Waals surface area contributed by atoms with Crippen LogP contribution in [0.25, 0.3) is 0 Å². The van der Waals surface area contributed by atoms with Crippen LogP contribution in [0.5, 0.6) is 0 Å². The molecule has 1 aromatic rings. The number of rotatable bonds is 2. The highest BCUT2D eigenvalue weighted by Gasteiger charge is 2.45. The van der Waals surface area contributed by atoms with E-state index in [1.54, 1.807) is 4.90 Å². The van der Waals surface area contributed by atoms with Crippen molar-refractivity contribution in [3.63, 3.8) is 0 Å². The lowest BCUT2D eigenvalue weighted by molar-refractivity contribution is -0.203. The molecule has 3 atom stereocenters. The van der Waals surface area contributed by atoms with E-state index in [-0.39, 0.29) is 29.9 Å². The number of likely N-dealkylation sites (tertiary alicyclic amines) is 1. The maximum atomic E-state index is 12.9. The number of nitrogens with zero attached hydrogens (tertiary/aromatic N) is 4. The minimum Gasteiger partial charge on any atom is -0.376 e. The molecular formula is C17H22N4O4. The maximum Gasteiger partial charge on any atom is 0.274 e. The molecule has 0 spiro atoms. The van der Waals surface area contributed by atoms with E-state index in [1.807, 2.05) is 0 Å². The van der Waals surface area contributed by atoms with Gasteiger partial charge >= 0.3 is 0 Å². The van der Waals surface area contributed by atoms with Gasteiger partial charge in [-0.15, -0.1) is 0 Å². The van der Waals surface area contributed by atoms with Crippen LogP contribution >= 0.6 is 0 Å². The van der Waals surface area contributed by atoms with Gasteiger partial charge in [0.15, 0.2) is 0 Å². The Morgan fingerprint density at radius 1 is 1.20 bits per heavy atom. The number of aromatic nitrogens is 2. The van der Waals surface area contributed by atoms with Crippen LogP contribution in [0.3, 0.4) is 0 Å². The SMILES string of the molecule is O=C([C@H]1C[C@H]2OCC[C@H]2N(C(=O)c2cnccn2)C1)N1CCCCO1. The number of hydroxylamine groups is 2. The van der Waals surface area contributed by atoms with Crippen LogP contribution in [-0.4, -0.2) is 70.2 Å². The molecule has 8 heteroatoms. The van der Waals surface area contributed by atoms with Gasteiger partial charge in [0.25, 0.3) is 11.8 Å². The van der Waals surface area contributed by atoms with Crippen LogP contribution in [0.2, 0.25) is 0 Å². The Balaban J connectivity index is 1.53. The third-order valence-corrected chi connectivity index (χ3v) is 5.15. The minimum absolute atomic E-state index is 0.000769. The van der Waals surface area contributed by atoms with Crippen LogP contribution in [0, 0.1) is 5.92 Å². The lowest BCUT2D eigenvalue weighted by atomic mass is 9.89. The van der Waals surface area contributed by atoms with E-state index in [2.05, 4.69) is 9.97 Å². The fourth-order valence-electron chi connectivity index (χ4n) is 3.89. The van der Waals surface area contributed by atoms with Crippen LogP contribution in [-0.2, 0) is 14.4 Å². The van der Waals surface area contributed by atoms with Crippen molar-refractivity contribution in [1.82, 2.24) is 19.9 Å². The second-order valence-corrected chi connectivity index (χ2v) is 6.73. The minimum atomic E-state index is -0.307. The normalized spacial score (nSPS) is 29.4. The molecule has 0 aromatic carbocycles. The van der Waals surface area contributed by atoms with E-state index < -0.39 is 0 Å². The fraction of sp³-hybridized carbons (Fsp3) is 0.647. The molecule has 0 unspecified atom stereocenters. The summed E-state index contributed by atoms with van der Waals surface area (Å²) >= 11 is 0. The van der Waals surface area contributed by atoms with Gasteiger partial charge in [-0.25, -0.2) is 10.0 Å². The van der Waals surface area contributed by atoms with Gasteiger partial charge in [-0.05, 0) is 25.7 Å². The van der Waals surface area contributed by atoms with E-state index in [1.165, 1.54) is 23.7 Å². The summed E-state index contributed by atoms with van der Waals surface area (Å²) in [5.41, 5.74) is 0.301. The first-order valence-corrected chi connectivity index (χ1v) is 8.87. The second kappa shape index (κ2) is 7.05. The molecule has 1 aromatic heterocycles. The molecule has 134 valence electrons. The Labute approximate surface area is 146 Å². The highest BCUT2D eigenvalue weighted by atomic mass is 16.7. The van der Waals surface area contributed by atoms with Crippen molar-refractivity contribution >= 4 is 11.8 Å². The van der Waals surface area contributed by atoms with Crippen molar-refractivity contribution in [2.75, 3.05) is 26.3 Å². The van der Waals surface area contributed by atoms with E-state index >= 15 is 0 Å². The number of amides is 2. The number of hydrogen-bond acceptors (Lipinski definition) is 6. The average Bonchev–Trinajstić information content (AvgIpc) is 3.16. The summed E-state index contributed by atoms with van der Waals surface area (Å²) in [6.07, 6.45) is 7.74. The number of carbonyl (C=O) groups excluding carboxylic acids is 2. The summed E-state index contributed by atoms with van der Waals surface area (Å²) in [7, 11) is 0. The van der Waals surface area contributed by atoms with Crippen molar-refractivity contribution < 1.29 is 19.2 Å². The summed E-state index contributed by atoms with van der Waals surface area (Å²) in [5.74, 6) is -0.547. The van der Waals surface area contributed by atoms with Gasteiger partial charge < -0.3 is 9.64 Å². The summed E-state index contributed by atoms with van der Waals surface area (Å²) in [6.45, 7) is 2.17. The Morgan fingerprint density at radius 3 is 2.88 bits per heavy atom. The lowest BCUT2D eigenvalue weighted by Crippen LogP contribution is -2.55. The summed E-state index contributed by atoms with van der Waals surface area (Å²) in [4.78, 5) is 41.1.